The molecule has 104 valence electrons. The van der Waals surface area contributed by atoms with Crippen LogP contribution in [-0.4, -0.2) is 18.1 Å². The van der Waals surface area contributed by atoms with Gasteiger partial charge in [-0.1, -0.05) is 24.4 Å². The molecule has 2 heterocycles. The molecular weight excluding hydrogens is 279 g/mol. The third-order valence-corrected chi connectivity index (χ3v) is 5.41. The van der Waals surface area contributed by atoms with Gasteiger partial charge in [0.1, 0.15) is 5.82 Å². The predicted molar refractivity (Wildman–Crippen MR) is 81.2 cm³/mol. The van der Waals surface area contributed by atoms with Gasteiger partial charge in [0.05, 0.1) is 5.02 Å². The van der Waals surface area contributed by atoms with Crippen LogP contribution in [0.1, 0.15) is 44.1 Å². The number of aromatic nitrogens is 1. The molecule has 0 unspecified atom stereocenters. The van der Waals surface area contributed by atoms with Crippen molar-refractivity contribution >= 4 is 29.0 Å². The summed E-state index contributed by atoms with van der Waals surface area (Å²) >= 11 is 12.1. The third kappa shape index (κ3) is 2.71. The predicted octanol–water partition coefficient (Wildman–Crippen LogP) is 4.63. The van der Waals surface area contributed by atoms with Crippen molar-refractivity contribution in [2.75, 3.05) is 18.0 Å². The van der Waals surface area contributed by atoms with Crippen molar-refractivity contribution < 1.29 is 0 Å². The highest BCUT2D eigenvalue weighted by atomic mass is 35.5. The number of nitrogens with zero attached hydrogens (tertiary/aromatic N) is 2. The van der Waals surface area contributed by atoms with Gasteiger partial charge >= 0.3 is 0 Å². The molecular formula is C15H20Cl2N2. The van der Waals surface area contributed by atoms with Crippen LogP contribution in [0.15, 0.2) is 12.3 Å². The summed E-state index contributed by atoms with van der Waals surface area (Å²) < 4.78 is 0. The average molecular weight is 299 g/mol. The summed E-state index contributed by atoms with van der Waals surface area (Å²) in [5.41, 5.74) is 1.62. The van der Waals surface area contributed by atoms with E-state index in [4.69, 9.17) is 23.2 Å². The lowest BCUT2D eigenvalue weighted by Gasteiger charge is -2.40. The maximum Gasteiger partial charge on any atom is 0.147 e. The van der Waals surface area contributed by atoms with E-state index in [-0.39, 0.29) is 0 Å². The van der Waals surface area contributed by atoms with Gasteiger partial charge in [0, 0.05) is 25.2 Å². The molecule has 0 amide bonds. The Hall–Kier alpha value is -0.470. The Labute approximate surface area is 125 Å². The van der Waals surface area contributed by atoms with Gasteiger partial charge in [-0.05, 0) is 42.7 Å². The van der Waals surface area contributed by atoms with E-state index in [1.54, 1.807) is 0 Å². The Morgan fingerprint density at radius 1 is 1.16 bits per heavy atom. The number of alkyl halides is 1. The number of hydrogen-bond donors (Lipinski definition) is 0. The monoisotopic (exact) mass is 298 g/mol. The average Bonchev–Trinajstić information content (AvgIpc) is 2.88. The fourth-order valence-electron chi connectivity index (χ4n) is 3.59. The zero-order chi connectivity index (χ0) is 13.3. The molecule has 1 aromatic rings. The van der Waals surface area contributed by atoms with E-state index < -0.39 is 0 Å². The molecule has 1 aliphatic heterocycles. The molecule has 0 N–H and O–H groups in total. The fraction of sp³-hybridized carbons (Fsp3) is 0.667. The van der Waals surface area contributed by atoms with Gasteiger partial charge in [-0.2, -0.15) is 0 Å². The zero-order valence-electron chi connectivity index (χ0n) is 11.2. The summed E-state index contributed by atoms with van der Waals surface area (Å²) in [5.74, 6) is 1.40. The van der Waals surface area contributed by atoms with E-state index in [1.807, 2.05) is 12.3 Å². The molecule has 1 aliphatic carbocycles. The van der Waals surface area contributed by atoms with Crippen molar-refractivity contribution in [1.82, 2.24) is 4.98 Å². The first-order valence-corrected chi connectivity index (χ1v) is 8.09. The van der Waals surface area contributed by atoms with Crippen molar-refractivity contribution in [2.45, 2.75) is 44.4 Å². The second-order valence-corrected chi connectivity index (χ2v) is 6.65. The minimum atomic E-state index is 0.468. The van der Waals surface area contributed by atoms with Gasteiger partial charge in [0.25, 0.3) is 0 Å². The highest BCUT2D eigenvalue weighted by molar-refractivity contribution is 6.33. The quantitative estimate of drug-likeness (QED) is 0.740. The maximum absolute atomic E-state index is 6.33. The van der Waals surface area contributed by atoms with Crippen LogP contribution in [0.4, 0.5) is 5.82 Å². The molecule has 0 bridgehead atoms. The Morgan fingerprint density at radius 2 is 1.84 bits per heavy atom. The number of pyridine rings is 1. The highest BCUT2D eigenvalue weighted by Gasteiger charge is 2.37. The number of hydrogen-bond acceptors (Lipinski definition) is 2. The lowest BCUT2D eigenvalue weighted by atomic mass is 9.77. The standard InChI is InChI=1S/C15H20Cl2N2/c16-10-12-9-13(17)14(18-11-12)19-7-5-15(6-8-19)3-1-2-4-15/h9,11H,1-8,10H2. The summed E-state index contributed by atoms with van der Waals surface area (Å²) in [4.78, 5) is 6.83. The lowest BCUT2D eigenvalue weighted by molar-refractivity contribution is 0.226. The van der Waals surface area contributed by atoms with Crippen molar-refractivity contribution in [3.8, 4) is 0 Å². The Balaban J connectivity index is 1.71. The Kier molecular flexibility index (Phi) is 3.91. The van der Waals surface area contributed by atoms with Gasteiger partial charge < -0.3 is 4.90 Å². The normalized spacial score (nSPS) is 22.1. The lowest BCUT2D eigenvalue weighted by Crippen LogP contribution is -2.39. The van der Waals surface area contributed by atoms with Crippen LogP contribution in [-0.2, 0) is 5.88 Å². The first kappa shape index (κ1) is 13.5. The second kappa shape index (κ2) is 5.49. The molecule has 2 nitrogen and oxygen atoms in total. The van der Waals surface area contributed by atoms with Crippen molar-refractivity contribution in [1.29, 1.82) is 0 Å². The maximum atomic E-state index is 6.33. The largest absolute Gasteiger partial charge is 0.355 e. The minimum absolute atomic E-state index is 0.468. The van der Waals surface area contributed by atoms with Crippen LogP contribution in [0.5, 0.6) is 0 Å². The smallest absolute Gasteiger partial charge is 0.147 e. The van der Waals surface area contributed by atoms with E-state index in [0.29, 0.717) is 11.3 Å². The summed E-state index contributed by atoms with van der Waals surface area (Å²) in [7, 11) is 0. The van der Waals surface area contributed by atoms with E-state index in [1.165, 1.54) is 38.5 Å². The van der Waals surface area contributed by atoms with Crippen molar-refractivity contribution in [3.63, 3.8) is 0 Å². The molecule has 1 saturated heterocycles. The molecule has 1 aromatic heterocycles. The number of anilines is 1. The second-order valence-electron chi connectivity index (χ2n) is 5.98. The summed E-state index contributed by atoms with van der Waals surface area (Å²) in [5, 5.41) is 0.737. The fourth-order valence-corrected chi connectivity index (χ4v) is 4.05. The van der Waals surface area contributed by atoms with E-state index in [0.717, 1.165) is 29.5 Å². The van der Waals surface area contributed by atoms with Gasteiger partial charge in [-0.25, -0.2) is 4.98 Å². The van der Waals surface area contributed by atoms with Gasteiger partial charge in [0.15, 0.2) is 0 Å². The SMILES string of the molecule is ClCc1cnc(N2CCC3(CCCC3)CC2)c(Cl)c1. The summed E-state index contributed by atoms with van der Waals surface area (Å²) in [6, 6.07) is 1.94. The van der Waals surface area contributed by atoms with Crippen LogP contribution < -0.4 is 4.90 Å². The van der Waals surface area contributed by atoms with Crippen LogP contribution in [0, 0.1) is 5.41 Å². The van der Waals surface area contributed by atoms with Gasteiger partial charge in [0.2, 0.25) is 0 Å². The minimum Gasteiger partial charge on any atom is -0.355 e. The first-order chi connectivity index (χ1) is 9.22. The molecule has 3 rings (SSSR count). The van der Waals surface area contributed by atoms with Crippen LogP contribution in [0.3, 0.4) is 0 Å². The molecule has 1 saturated carbocycles. The molecule has 1 spiro atoms. The first-order valence-electron chi connectivity index (χ1n) is 7.18. The third-order valence-electron chi connectivity index (χ3n) is 4.82. The summed E-state index contributed by atoms with van der Waals surface area (Å²) in [6.07, 6.45) is 10.1. The molecule has 0 aromatic carbocycles. The summed E-state index contributed by atoms with van der Waals surface area (Å²) in [6.45, 7) is 2.18. The Morgan fingerprint density at radius 3 is 2.42 bits per heavy atom. The van der Waals surface area contributed by atoms with Gasteiger partial charge in [-0.3, -0.25) is 0 Å². The molecule has 2 aliphatic rings. The Bertz CT molecular complexity index is 445. The number of rotatable bonds is 2. The van der Waals surface area contributed by atoms with E-state index in [9.17, 15) is 0 Å². The highest BCUT2D eigenvalue weighted by Crippen LogP contribution is 2.46. The van der Waals surface area contributed by atoms with E-state index >= 15 is 0 Å². The van der Waals surface area contributed by atoms with Gasteiger partial charge in [-0.15, -0.1) is 11.6 Å². The number of halogens is 2. The van der Waals surface area contributed by atoms with Crippen LogP contribution in [0.2, 0.25) is 5.02 Å². The molecule has 0 radical (unpaired) electrons. The van der Waals surface area contributed by atoms with Crippen molar-refractivity contribution in [3.05, 3.63) is 22.8 Å². The molecule has 4 heteroatoms. The topological polar surface area (TPSA) is 16.1 Å². The van der Waals surface area contributed by atoms with Crippen LogP contribution >= 0.6 is 23.2 Å². The van der Waals surface area contributed by atoms with Crippen molar-refractivity contribution in [2.24, 2.45) is 5.41 Å². The molecule has 2 fully saturated rings. The molecule has 0 atom stereocenters. The molecule has 19 heavy (non-hydrogen) atoms. The zero-order valence-corrected chi connectivity index (χ0v) is 12.7. The number of piperidine rings is 1. The van der Waals surface area contributed by atoms with Crippen LogP contribution in [0.25, 0.3) is 0 Å². The van der Waals surface area contributed by atoms with E-state index in [2.05, 4.69) is 9.88 Å².